The fourth-order valence-corrected chi connectivity index (χ4v) is 5.58. The van der Waals surface area contributed by atoms with Gasteiger partial charge >= 0.3 is 0 Å². The summed E-state index contributed by atoms with van der Waals surface area (Å²) in [4.78, 5) is 9.53. The molecule has 4 heterocycles. The molecule has 2 atom stereocenters. The van der Waals surface area contributed by atoms with Crippen molar-refractivity contribution in [1.29, 1.82) is 0 Å². The maximum absolute atomic E-state index is 13.5. The Bertz CT molecular complexity index is 1330. The highest BCUT2D eigenvalue weighted by Gasteiger charge is 2.30. The van der Waals surface area contributed by atoms with Crippen LogP contribution in [0.25, 0.3) is 28.3 Å². The summed E-state index contributed by atoms with van der Waals surface area (Å²) in [7, 11) is 4.32. The minimum absolute atomic E-state index is 0.217. The Morgan fingerprint density at radius 3 is 2.65 bits per heavy atom. The summed E-state index contributed by atoms with van der Waals surface area (Å²) in [6.45, 7) is 6.46. The van der Waals surface area contributed by atoms with Crippen molar-refractivity contribution in [3.63, 3.8) is 0 Å². The van der Waals surface area contributed by atoms with E-state index >= 15 is 0 Å². The summed E-state index contributed by atoms with van der Waals surface area (Å²) in [6.07, 6.45) is 6.06. The lowest BCUT2D eigenvalue weighted by atomic mass is 9.98. The van der Waals surface area contributed by atoms with Crippen molar-refractivity contribution in [2.75, 3.05) is 38.6 Å². The fourth-order valence-electron chi connectivity index (χ4n) is 5.58. The van der Waals surface area contributed by atoms with E-state index in [4.69, 9.17) is 4.98 Å². The Morgan fingerprint density at radius 2 is 1.85 bits per heavy atom. The smallest absolute Gasteiger partial charge is 0.161 e. The van der Waals surface area contributed by atoms with E-state index in [9.17, 15) is 4.39 Å². The first-order valence-electron chi connectivity index (χ1n) is 12.0. The zero-order chi connectivity index (χ0) is 23.4. The van der Waals surface area contributed by atoms with Crippen molar-refractivity contribution < 1.29 is 4.39 Å². The molecule has 2 aliphatic rings. The SMILES string of the molecule is C[C@H]1CN(c2ccc3c(c2)Cn2cc(-c4ccc(F)cc4)cc2-c2nccn2-3)C[C@@H]1CN(C)C. The van der Waals surface area contributed by atoms with Crippen LogP contribution in [0.5, 0.6) is 0 Å². The highest BCUT2D eigenvalue weighted by Crippen LogP contribution is 2.36. The van der Waals surface area contributed by atoms with Gasteiger partial charge in [0.05, 0.1) is 11.4 Å². The van der Waals surface area contributed by atoms with Gasteiger partial charge in [0.25, 0.3) is 0 Å². The van der Waals surface area contributed by atoms with Crippen LogP contribution in [0.2, 0.25) is 0 Å². The summed E-state index contributed by atoms with van der Waals surface area (Å²) < 4.78 is 17.9. The highest BCUT2D eigenvalue weighted by atomic mass is 19.1. The van der Waals surface area contributed by atoms with Gasteiger partial charge in [-0.1, -0.05) is 19.1 Å². The molecular formula is C28H30FN5. The Labute approximate surface area is 200 Å². The molecule has 0 aliphatic carbocycles. The van der Waals surface area contributed by atoms with Gasteiger partial charge in [0.1, 0.15) is 5.82 Å². The van der Waals surface area contributed by atoms with Gasteiger partial charge in [0.2, 0.25) is 0 Å². The third kappa shape index (κ3) is 3.62. The monoisotopic (exact) mass is 455 g/mol. The maximum atomic E-state index is 13.5. The van der Waals surface area contributed by atoms with Crippen molar-refractivity contribution in [1.82, 2.24) is 19.0 Å². The van der Waals surface area contributed by atoms with Crippen molar-refractivity contribution in [2.24, 2.45) is 11.8 Å². The summed E-state index contributed by atoms with van der Waals surface area (Å²) in [6, 6.07) is 15.7. The number of halogens is 1. The van der Waals surface area contributed by atoms with Gasteiger partial charge in [-0.25, -0.2) is 9.37 Å². The molecule has 1 fully saturated rings. The number of hydrogen-bond donors (Lipinski definition) is 0. The predicted octanol–water partition coefficient (Wildman–Crippen LogP) is 5.14. The van der Waals surface area contributed by atoms with Gasteiger partial charge < -0.3 is 14.4 Å². The first kappa shape index (κ1) is 21.2. The average molecular weight is 456 g/mol. The molecular weight excluding hydrogens is 425 g/mol. The van der Waals surface area contributed by atoms with Gasteiger partial charge in [0, 0.05) is 56.0 Å². The number of anilines is 1. The van der Waals surface area contributed by atoms with E-state index in [1.165, 1.54) is 29.1 Å². The van der Waals surface area contributed by atoms with Crippen molar-refractivity contribution >= 4 is 5.69 Å². The molecule has 1 saturated heterocycles. The van der Waals surface area contributed by atoms with Gasteiger partial charge in [-0.15, -0.1) is 0 Å². The predicted molar refractivity (Wildman–Crippen MR) is 135 cm³/mol. The number of nitrogens with zero attached hydrogens (tertiary/aromatic N) is 5. The van der Waals surface area contributed by atoms with Crippen LogP contribution in [0.15, 0.2) is 67.1 Å². The Morgan fingerprint density at radius 1 is 1.03 bits per heavy atom. The molecule has 0 bridgehead atoms. The summed E-state index contributed by atoms with van der Waals surface area (Å²) >= 11 is 0. The lowest BCUT2D eigenvalue weighted by molar-refractivity contribution is 0.301. The molecule has 2 aromatic heterocycles. The van der Waals surface area contributed by atoms with Crippen LogP contribution in [-0.4, -0.2) is 52.7 Å². The van der Waals surface area contributed by atoms with Crippen LogP contribution in [0, 0.1) is 17.7 Å². The molecule has 0 N–H and O–H groups in total. The molecule has 4 aromatic rings. The Kier molecular flexibility index (Phi) is 5.06. The van der Waals surface area contributed by atoms with Crippen LogP contribution in [0.1, 0.15) is 12.5 Å². The van der Waals surface area contributed by atoms with E-state index in [0.29, 0.717) is 11.8 Å². The normalized spacial score (nSPS) is 19.1. The molecule has 0 amide bonds. The number of aromatic nitrogens is 3. The Balaban J connectivity index is 1.37. The fraction of sp³-hybridized carbons (Fsp3) is 0.321. The second-order valence-corrected chi connectivity index (χ2v) is 10.1. The van der Waals surface area contributed by atoms with Crippen molar-refractivity contribution in [3.8, 4) is 28.3 Å². The second-order valence-electron chi connectivity index (χ2n) is 10.1. The quantitative estimate of drug-likeness (QED) is 0.376. The van der Waals surface area contributed by atoms with Gasteiger partial charge in [-0.05, 0) is 73.5 Å². The zero-order valence-corrected chi connectivity index (χ0v) is 19.9. The maximum Gasteiger partial charge on any atom is 0.161 e. The van der Waals surface area contributed by atoms with Gasteiger partial charge in [-0.2, -0.15) is 0 Å². The molecule has 6 heteroatoms. The molecule has 6 rings (SSSR count). The van der Waals surface area contributed by atoms with Crippen molar-refractivity contribution in [2.45, 2.75) is 13.5 Å². The number of hydrogen-bond acceptors (Lipinski definition) is 3. The van der Waals surface area contributed by atoms with E-state index in [2.05, 4.69) is 70.4 Å². The molecule has 2 aliphatic heterocycles. The van der Waals surface area contributed by atoms with E-state index < -0.39 is 0 Å². The van der Waals surface area contributed by atoms with Crippen LogP contribution >= 0.6 is 0 Å². The van der Waals surface area contributed by atoms with Crippen LogP contribution < -0.4 is 4.90 Å². The molecule has 34 heavy (non-hydrogen) atoms. The number of benzene rings is 2. The van der Waals surface area contributed by atoms with E-state index in [0.717, 1.165) is 48.8 Å². The molecule has 2 aromatic carbocycles. The van der Waals surface area contributed by atoms with Crippen LogP contribution in [-0.2, 0) is 6.54 Å². The Hall–Kier alpha value is -3.38. The highest BCUT2D eigenvalue weighted by molar-refractivity contribution is 5.72. The molecule has 0 spiro atoms. The van der Waals surface area contributed by atoms with E-state index in [-0.39, 0.29) is 5.82 Å². The zero-order valence-electron chi connectivity index (χ0n) is 19.9. The molecule has 0 unspecified atom stereocenters. The third-order valence-corrected chi connectivity index (χ3v) is 7.34. The molecule has 174 valence electrons. The number of rotatable bonds is 4. The second kappa shape index (κ2) is 8.13. The minimum Gasteiger partial charge on any atom is -0.371 e. The van der Waals surface area contributed by atoms with Crippen LogP contribution in [0.4, 0.5) is 10.1 Å². The lowest BCUT2D eigenvalue weighted by Gasteiger charge is -2.22. The third-order valence-electron chi connectivity index (χ3n) is 7.34. The molecule has 5 nitrogen and oxygen atoms in total. The first-order valence-corrected chi connectivity index (χ1v) is 12.0. The molecule has 0 radical (unpaired) electrons. The average Bonchev–Trinajstić information content (AvgIpc) is 3.52. The summed E-state index contributed by atoms with van der Waals surface area (Å²) in [5, 5.41) is 0. The van der Waals surface area contributed by atoms with E-state index in [1.54, 1.807) is 0 Å². The minimum atomic E-state index is -0.217. The lowest BCUT2D eigenvalue weighted by Crippen LogP contribution is -2.27. The van der Waals surface area contributed by atoms with E-state index in [1.807, 2.05) is 24.5 Å². The van der Waals surface area contributed by atoms with Gasteiger partial charge in [0.15, 0.2) is 5.82 Å². The largest absolute Gasteiger partial charge is 0.371 e. The van der Waals surface area contributed by atoms with Gasteiger partial charge in [-0.3, -0.25) is 4.57 Å². The standard InChI is InChI=1S/C28H30FN5/c1-19-14-32(18-23(19)15-31(2)3)25-8-9-26-22(12-25)17-33-16-21(20-4-6-24(29)7-5-20)13-27(33)28-30-10-11-34(26)28/h4-13,16,19,23H,14-15,17-18H2,1-3H3/t19-,23-/m0/s1. The first-order chi connectivity index (χ1) is 16.5. The topological polar surface area (TPSA) is 29.2 Å². The summed E-state index contributed by atoms with van der Waals surface area (Å²) in [5.41, 5.74) is 6.91. The molecule has 0 saturated carbocycles. The number of fused-ring (bicyclic) bond motifs is 5. The van der Waals surface area contributed by atoms with Crippen LogP contribution in [0.3, 0.4) is 0 Å². The van der Waals surface area contributed by atoms with Crippen molar-refractivity contribution in [3.05, 3.63) is 78.5 Å². The number of imidazole rings is 1. The summed E-state index contributed by atoms with van der Waals surface area (Å²) in [5.74, 6) is 2.07.